The zero-order chi connectivity index (χ0) is 24.7. The molecule has 3 aromatic carbocycles. The van der Waals surface area contributed by atoms with Crippen LogP contribution >= 0.6 is 0 Å². The molecule has 0 atom stereocenters. The zero-order valence-corrected chi connectivity index (χ0v) is 20.6. The Balaban J connectivity index is 1.17. The number of amides is 2. The SMILES string of the molecule is COc1ccc(CNC(=O)N2CCC(Cn3c(COc4ccccc4)nc4ccccc43)CC2)cc1. The Morgan fingerprint density at radius 1 is 0.944 bits per heavy atom. The van der Waals surface area contributed by atoms with Gasteiger partial charge >= 0.3 is 6.03 Å². The van der Waals surface area contributed by atoms with Gasteiger partial charge < -0.3 is 24.3 Å². The van der Waals surface area contributed by atoms with Crippen molar-refractivity contribution in [3.63, 3.8) is 0 Å². The smallest absolute Gasteiger partial charge is 0.317 e. The van der Waals surface area contributed by atoms with Crippen LogP contribution in [0.3, 0.4) is 0 Å². The largest absolute Gasteiger partial charge is 0.497 e. The fourth-order valence-electron chi connectivity index (χ4n) is 4.71. The van der Waals surface area contributed by atoms with Gasteiger partial charge in [-0.25, -0.2) is 9.78 Å². The summed E-state index contributed by atoms with van der Waals surface area (Å²) in [4.78, 5) is 19.5. The van der Waals surface area contributed by atoms with Crippen LogP contribution in [0, 0.1) is 5.92 Å². The van der Waals surface area contributed by atoms with E-state index in [2.05, 4.69) is 22.0 Å². The molecule has 7 nitrogen and oxygen atoms in total. The number of carbonyl (C=O) groups excluding carboxylic acids is 1. The highest BCUT2D eigenvalue weighted by Crippen LogP contribution is 2.25. The molecule has 0 bridgehead atoms. The Hall–Kier alpha value is -4.00. The number of nitrogens with zero attached hydrogens (tertiary/aromatic N) is 3. The summed E-state index contributed by atoms with van der Waals surface area (Å²) in [5.41, 5.74) is 3.17. The van der Waals surface area contributed by atoms with Gasteiger partial charge in [-0.05, 0) is 60.7 Å². The maximum absolute atomic E-state index is 12.7. The Labute approximate surface area is 211 Å². The molecule has 1 aliphatic heterocycles. The Bertz CT molecular complexity index is 1280. The van der Waals surface area contributed by atoms with Crippen LogP contribution in [0.5, 0.6) is 11.5 Å². The molecule has 4 aromatic rings. The minimum Gasteiger partial charge on any atom is -0.497 e. The standard InChI is InChI=1S/C29H32N4O3/c1-35-24-13-11-22(12-14-24)19-30-29(34)32-17-15-23(16-18-32)20-33-27-10-6-5-9-26(27)31-28(33)21-36-25-7-3-2-4-8-25/h2-14,23H,15-21H2,1H3,(H,30,34). The number of imidazole rings is 1. The van der Waals surface area contributed by atoms with Gasteiger partial charge in [0.2, 0.25) is 0 Å². The number of aromatic nitrogens is 2. The first-order chi connectivity index (χ1) is 17.7. The topological polar surface area (TPSA) is 68.6 Å². The van der Waals surface area contributed by atoms with E-state index < -0.39 is 0 Å². The molecular weight excluding hydrogens is 452 g/mol. The van der Waals surface area contributed by atoms with Gasteiger partial charge in [-0.15, -0.1) is 0 Å². The van der Waals surface area contributed by atoms with E-state index in [9.17, 15) is 4.79 Å². The lowest BCUT2D eigenvalue weighted by atomic mass is 9.96. The summed E-state index contributed by atoms with van der Waals surface area (Å²) < 4.78 is 13.5. The van der Waals surface area contributed by atoms with E-state index in [0.717, 1.165) is 66.4 Å². The van der Waals surface area contributed by atoms with Crippen molar-refractivity contribution in [1.29, 1.82) is 0 Å². The van der Waals surface area contributed by atoms with Crippen molar-refractivity contribution in [2.24, 2.45) is 5.92 Å². The third-order valence-electron chi connectivity index (χ3n) is 6.79. The third-order valence-corrected chi connectivity index (χ3v) is 6.79. The lowest BCUT2D eigenvalue weighted by Crippen LogP contribution is -2.44. The van der Waals surface area contributed by atoms with Crippen molar-refractivity contribution in [3.8, 4) is 11.5 Å². The number of hydrogen-bond donors (Lipinski definition) is 1. The number of carbonyl (C=O) groups is 1. The average Bonchev–Trinajstić information content (AvgIpc) is 3.29. The number of piperidine rings is 1. The molecule has 1 saturated heterocycles. The number of likely N-dealkylation sites (tertiary alicyclic amines) is 1. The van der Waals surface area contributed by atoms with Crippen LogP contribution in [0.15, 0.2) is 78.9 Å². The molecule has 186 valence electrons. The quantitative estimate of drug-likeness (QED) is 0.371. The second-order valence-corrected chi connectivity index (χ2v) is 9.17. The van der Waals surface area contributed by atoms with Crippen LogP contribution < -0.4 is 14.8 Å². The predicted molar refractivity (Wildman–Crippen MR) is 140 cm³/mol. The summed E-state index contributed by atoms with van der Waals surface area (Å²) in [5, 5.41) is 3.05. The molecule has 1 N–H and O–H groups in total. The summed E-state index contributed by atoms with van der Waals surface area (Å²) >= 11 is 0. The lowest BCUT2D eigenvalue weighted by Gasteiger charge is -2.32. The summed E-state index contributed by atoms with van der Waals surface area (Å²) in [6, 6.07) is 25.8. The molecule has 36 heavy (non-hydrogen) atoms. The van der Waals surface area contributed by atoms with Crippen LogP contribution in [0.4, 0.5) is 4.79 Å². The van der Waals surface area contributed by atoms with Gasteiger partial charge in [-0.3, -0.25) is 0 Å². The molecule has 2 heterocycles. The second-order valence-electron chi connectivity index (χ2n) is 9.17. The maximum Gasteiger partial charge on any atom is 0.317 e. The van der Waals surface area contributed by atoms with E-state index in [1.54, 1.807) is 7.11 Å². The average molecular weight is 485 g/mol. The molecule has 1 aliphatic rings. The summed E-state index contributed by atoms with van der Waals surface area (Å²) in [7, 11) is 1.65. The number of fused-ring (bicyclic) bond motifs is 1. The van der Waals surface area contributed by atoms with Crippen LogP contribution in [-0.4, -0.2) is 40.7 Å². The van der Waals surface area contributed by atoms with Crippen LogP contribution in [0.1, 0.15) is 24.2 Å². The first-order valence-corrected chi connectivity index (χ1v) is 12.5. The number of nitrogens with one attached hydrogen (secondary N) is 1. The van der Waals surface area contributed by atoms with E-state index in [1.807, 2.05) is 71.6 Å². The molecule has 5 rings (SSSR count). The minimum atomic E-state index is -0.00528. The molecular formula is C29H32N4O3. The molecule has 0 radical (unpaired) electrons. The van der Waals surface area contributed by atoms with Gasteiger partial charge in [0.1, 0.15) is 23.9 Å². The predicted octanol–water partition coefficient (Wildman–Crippen LogP) is 5.25. The number of hydrogen-bond acceptors (Lipinski definition) is 4. The number of rotatable bonds is 8. The molecule has 0 unspecified atom stereocenters. The lowest BCUT2D eigenvalue weighted by molar-refractivity contribution is 0.164. The molecule has 2 amide bonds. The summed E-state index contributed by atoms with van der Waals surface area (Å²) in [5.74, 6) is 3.06. The fraction of sp³-hybridized carbons (Fsp3) is 0.310. The van der Waals surface area contributed by atoms with Gasteiger partial charge in [0.15, 0.2) is 0 Å². The van der Waals surface area contributed by atoms with E-state index in [-0.39, 0.29) is 6.03 Å². The van der Waals surface area contributed by atoms with Gasteiger partial charge in [0, 0.05) is 26.2 Å². The Kier molecular flexibility index (Phi) is 7.36. The molecule has 0 saturated carbocycles. The van der Waals surface area contributed by atoms with Crippen molar-refractivity contribution < 1.29 is 14.3 Å². The summed E-state index contributed by atoms with van der Waals surface area (Å²) in [6.07, 6.45) is 1.92. The molecule has 7 heteroatoms. The normalized spacial score (nSPS) is 14.1. The fourth-order valence-corrected chi connectivity index (χ4v) is 4.71. The van der Waals surface area contributed by atoms with E-state index in [1.165, 1.54) is 0 Å². The Morgan fingerprint density at radius 2 is 1.67 bits per heavy atom. The van der Waals surface area contributed by atoms with Gasteiger partial charge in [0.25, 0.3) is 0 Å². The number of ether oxygens (including phenoxy) is 2. The van der Waals surface area contributed by atoms with Crippen LogP contribution in [0.25, 0.3) is 11.0 Å². The van der Waals surface area contributed by atoms with Gasteiger partial charge in [-0.1, -0.05) is 42.5 Å². The van der Waals surface area contributed by atoms with E-state index in [0.29, 0.717) is 19.1 Å². The highest BCUT2D eigenvalue weighted by molar-refractivity contribution is 5.76. The second kappa shape index (κ2) is 11.2. The van der Waals surface area contributed by atoms with Crippen molar-refractivity contribution in [3.05, 3.63) is 90.3 Å². The van der Waals surface area contributed by atoms with Crippen LogP contribution in [0.2, 0.25) is 0 Å². The number of urea groups is 1. The van der Waals surface area contributed by atoms with E-state index in [4.69, 9.17) is 14.5 Å². The van der Waals surface area contributed by atoms with Crippen molar-refractivity contribution >= 4 is 17.1 Å². The maximum atomic E-state index is 12.7. The Morgan fingerprint density at radius 3 is 2.42 bits per heavy atom. The summed E-state index contributed by atoms with van der Waals surface area (Å²) in [6.45, 7) is 3.30. The van der Waals surface area contributed by atoms with Crippen molar-refractivity contribution in [2.45, 2.75) is 32.5 Å². The van der Waals surface area contributed by atoms with Gasteiger partial charge in [0.05, 0.1) is 18.1 Å². The first kappa shape index (κ1) is 23.7. The number of methoxy groups -OCH3 is 1. The van der Waals surface area contributed by atoms with Crippen molar-refractivity contribution in [2.75, 3.05) is 20.2 Å². The number of benzene rings is 3. The van der Waals surface area contributed by atoms with Crippen molar-refractivity contribution in [1.82, 2.24) is 19.8 Å². The third kappa shape index (κ3) is 5.62. The monoisotopic (exact) mass is 484 g/mol. The molecule has 1 fully saturated rings. The molecule has 0 aliphatic carbocycles. The first-order valence-electron chi connectivity index (χ1n) is 12.5. The van der Waals surface area contributed by atoms with Crippen LogP contribution in [-0.2, 0) is 19.7 Å². The highest BCUT2D eigenvalue weighted by atomic mass is 16.5. The molecule has 1 aromatic heterocycles. The zero-order valence-electron chi connectivity index (χ0n) is 20.6. The molecule has 0 spiro atoms. The number of para-hydroxylation sites is 3. The highest BCUT2D eigenvalue weighted by Gasteiger charge is 2.24. The van der Waals surface area contributed by atoms with E-state index >= 15 is 0 Å². The minimum absolute atomic E-state index is 0.00528. The van der Waals surface area contributed by atoms with Gasteiger partial charge in [-0.2, -0.15) is 0 Å².